The van der Waals surface area contributed by atoms with Gasteiger partial charge in [0.15, 0.2) is 5.82 Å². The van der Waals surface area contributed by atoms with Gasteiger partial charge >= 0.3 is 0 Å². The highest BCUT2D eigenvalue weighted by Gasteiger charge is 2.35. The van der Waals surface area contributed by atoms with Crippen LogP contribution >= 0.6 is 0 Å². The average molecular weight is 392 g/mol. The molecule has 1 aromatic heterocycles. The van der Waals surface area contributed by atoms with E-state index < -0.39 is 5.92 Å². The van der Waals surface area contributed by atoms with Crippen LogP contribution in [0.1, 0.15) is 12.2 Å². The van der Waals surface area contributed by atoms with Gasteiger partial charge in [0.1, 0.15) is 5.75 Å². The maximum Gasteiger partial charge on any atom is 0.257 e. The molecule has 8 heteroatoms. The van der Waals surface area contributed by atoms with Crippen LogP contribution in [0.2, 0.25) is 0 Å². The number of ether oxygens (including phenoxy) is 1. The Morgan fingerprint density at radius 1 is 1.17 bits per heavy atom. The highest BCUT2D eigenvalue weighted by atomic mass is 16.5. The molecule has 0 bridgehead atoms. The van der Waals surface area contributed by atoms with Crippen molar-refractivity contribution >= 4 is 23.2 Å². The van der Waals surface area contributed by atoms with E-state index in [0.717, 1.165) is 11.3 Å². The summed E-state index contributed by atoms with van der Waals surface area (Å²) in [7, 11) is 1.59. The molecule has 148 valence electrons. The summed E-state index contributed by atoms with van der Waals surface area (Å²) < 4.78 is 10.3. The fourth-order valence-corrected chi connectivity index (χ4v) is 3.25. The first-order chi connectivity index (χ1) is 14.0. The molecular weight excluding hydrogens is 372 g/mol. The van der Waals surface area contributed by atoms with Crippen molar-refractivity contribution in [3.05, 3.63) is 54.4 Å². The molecule has 0 saturated carbocycles. The monoisotopic (exact) mass is 392 g/mol. The zero-order valence-corrected chi connectivity index (χ0v) is 16.1. The van der Waals surface area contributed by atoms with Gasteiger partial charge in [-0.15, -0.1) is 0 Å². The minimum atomic E-state index is -0.414. The number of rotatable bonds is 5. The van der Waals surface area contributed by atoms with Gasteiger partial charge in [-0.2, -0.15) is 4.98 Å². The molecule has 29 heavy (non-hydrogen) atoms. The van der Waals surface area contributed by atoms with Crippen LogP contribution in [0.25, 0.3) is 11.5 Å². The van der Waals surface area contributed by atoms with E-state index in [-0.39, 0.29) is 18.2 Å². The normalized spacial score (nSPS) is 16.1. The van der Waals surface area contributed by atoms with Crippen molar-refractivity contribution in [3.63, 3.8) is 0 Å². The first kappa shape index (κ1) is 18.7. The Morgan fingerprint density at radius 2 is 1.90 bits per heavy atom. The number of methoxy groups -OCH3 is 1. The number of anilines is 2. The fourth-order valence-electron chi connectivity index (χ4n) is 3.25. The van der Waals surface area contributed by atoms with Gasteiger partial charge in [0.25, 0.3) is 5.89 Å². The zero-order valence-electron chi connectivity index (χ0n) is 16.1. The molecule has 2 heterocycles. The molecule has 1 atom stereocenters. The van der Waals surface area contributed by atoms with E-state index in [4.69, 9.17) is 9.26 Å². The van der Waals surface area contributed by atoms with E-state index in [1.807, 2.05) is 12.1 Å². The number of nitrogens with one attached hydrogen (secondary N) is 1. The van der Waals surface area contributed by atoms with Gasteiger partial charge in [0.05, 0.1) is 13.0 Å². The van der Waals surface area contributed by atoms with E-state index >= 15 is 0 Å². The SMILES string of the molecule is COc1ccc(N2C[C@@H](C(=O)Nc3ccc(-c4nc(C)no4)cc3)CC2=O)cc1. The van der Waals surface area contributed by atoms with Crippen molar-refractivity contribution < 1.29 is 18.8 Å². The standard InChI is InChI=1S/C21H20N4O4/c1-13-22-21(29-24-13)14-3-5-16(6-4-14)23-20(27)15-11-19(26)25(12-15)17-7-9-18(28-2)10-8-17/h3-10,15H,11-12H2,1-2H3,(H,23,27)/t15-/m0/s1. The molecule has 0 spiro atoms. The largest absolute Gasteiger partial charge is 0.497 e. The lowest BCUT2D eigenvalue weighted by Crippen LogP contribution is -2.28. The van der Waals surface area contributed by atoms with Gasteiger partial charge in [-0.1, -0.05) is 5.16 Å². The second-order valence-corrected chi connectivity index (χ2v) is 6.82. The van der Waals surface area contributed by atoms with Crippen molar-refractivity contribution in [3.8, 4) is 17.2 Å². The summed E-state index contributed by atoms with van der Waals surface area (Å²) >= 11 is 0. The number of amides is 2. The number of carbonyl (C=O) groups excluding carboxylic acids is 2. The molecule has 0 aliphatic carbocycles. The molecule has 8 nitrogen and oxygen atoms in total. The Hall–Kier alpha value is -3.68. The third-order valence-corrected chi connectivity index (χ3v) is 4.81. The van der Waals surface area contributed by atoms with Gasteiger partial charge in [-0.05, 0) is 55.5 Å². The Bertz CT molecular complexity index is 1030. The minimum absolute atomic E-state index is 0.0718. The van der Waals surface area contributed by atoms with E-state index in [2.05, 4.69) is 15.5 Å². The van der Waals surface area contributed by atoms with E-state index in [9.17, 15) is 9.59 Å². The zero-order chi connectivity index (χ0) is 20.4. The second kappa shape index (κ2) is 7.75. The smallest absolute Gasteiger partial charge is 0.257 e. The van der Waals surface area contributed by atoms with Crippen LogP contribution in [0.15, 0.2) is 53.1 Å². The van der Waals surface area contributed by atoms with E-state index in [1.54, 1.807) is 55.3 Å². The lowest BCUT2D eigenvalue weighted by atomic mass is 10.1. The van der Waals surface area contributed by atoms with Crippen LogP contribution in [0.4, 0.5) is 11.4 Å². The second-order valence-electron chi connectivity index (χ2n) is 6.82. The summed E-state index contributed by atoms with van der Waals surface area (Å²) in [5, 5.41) is 6.64. The van der Waals surface area contributed by atoms with Gasteiger partial charge < -0.3 is 19.5 Å². The van der Waals surface area contributed by atoms with Gasteiger partial charge in [-0.25, -0.2) is 0 Å². The van der Waals surface area contributed by atoms with Crippen LogP contribution in [-0.4, -0.2) is 35.6 Å². The highest BCUT2D eigenvalue weighted by Crippen LogP contribution is 2.28. The molecule has 2 amide bonds. The third kappa shape index (κ3) is 3.96. The Kier molecular flexibility index (Phi) is 4.99. The van der Waals surface area contributed by atoms with Crippen LogP contribution < -0.4 is 15.0 Å². The lowest BCUT2D eigenvalue weighted by molar-refractivity contribution is -0.122. The quantitative estimate of drug-likeness (QED) is 0.717. The van der Waals surface area contributed by atoms with Crippen LogP contribution in [-0.2, 0) is 9.59 Å². The molecule has 1 fully saturated rings. The molecule has 0 unspecified atom stereocenters. The van der Waals surface area contributed by atoms with Gasteiger partial charge in [0.2, 0.25) is 11.8 Å². The number of hydrogen-bond donors (Lipinski definition) is 1. The highest BCUT2D eigenvalue weighted by molar-refractivity contribution is 6.03. The van der Waals surface area contributed by atoms with Crippen LogP contribution in [0, 0.1) is 12.8 Å². The molecule has 1 aliphatic heterocycles. The predicted molar refractivity (Wildman–Crippen MR) is 107 cm³/mol. The Morgan fingerprint density at radius 3 is 2.52 bits per heavy atom. The molecule has 1 N–H and O–H groups in total. The van der Waals surface area contributed by atoms with Crippen molar-refractivity contribution in [2.45, 2.75) is 13.3 Å². The number of nitrogens with zero attached hydrogens (tertiary/aromatic N) is 3. The number of aryl methyl sites for hydroxylation is 1. The number of benzene rings is 2. The van der Waals surface area contributed by atoms with Crippen LogP contribution in [0.5, 0.6) is 5.75 Å². The topological polar surface area (TPSA) is 97.6 Å². The summed E-state index contributed by atoms with van der Waals surface area (Å²) in [6.07, 6.45) is 0.178. The molecule has 2 aromatic carbocycles. The summed E-state index contributed by atoms with van der Waals surface area (Å²) in [5.74, 6) is 1.03. The summed E-state index contributed by atoms with van der Waals surface area (Å²) in [6, 6.07) is 14.3. The predicted octanol–water partition coefficient (Wildman–Crippen LogP) is 3.05. The number of hydrogen-bond acceptors (Lipinski definition) is 6. The molecule has 0 radical (unpaired) electrons. The molecule has 4 rings (SSSR count). The van der Waals surface area contributed by atoms with Crippen molar-refractivity contribution in [2.75, 3.05) is 23.9 Å². The Balaban J connectivity index is 1.40. The first-order valence-corrected chi connectivity index (χ1v) is 9.19. The maximum absolute atomic E-state index is 12.6. The summed E-state index contributed by atoms with van der Waals surface area (Å²) in [5.41, 5.74) is 2.17. The number of carbonyl (C=O) groups is 2. The van der Waals surface area contributed by atoms with Gasteiger partial charge in [-0.3, -0.25) is 9.59 Å². The number of aromatic nitrogens is 2. The molecule has 1 saturated heterocycles. The average Bonchev–Trinajstić information content (AvgIpc) is 3.34. The molecule has 1 aliphatic rings. The molecule has 3 aromatic rings. The summed E-state index contributed by atoms with van der Waals surface area (Å²) in [4.78, 5) is 30.8. The molecular formula is C21H20N4O4. The van der Waals surface area contributed by atoms with E-state index in [0.29, 0.717) is 29.7 Å². The minimum Gasteiger partial charge on any atom is -0.497 e. The lowest BCUT2D eigenvalue weighted by Gasteiger charge is -2.17. The van der Waals surface area contributed by atoms with Gasteiger partial charge in [0, 0.05) is 29.9 Å². The van der Waals surface area contributed by atoms with Crippen molar-refractivity contribution in [1.82, 2.24) is 10.1 Å². The van der Waals surface area contributed by atoms with Crippen molar-refractivity contribution in [2.24, 2.45) is 5.92 Å². The fraction of sp³-hybridized carbons (Fsp3) is 0.238. The van der Waals surface area contributed by atoms with E-state index in [1.165, 1.54) is 0 Å². The van der Waals surface area contributed by atoms with Crippen molar-refractivity contribution in [1.29, 1.82) is 0 Å². The van der Waals surface area contributed by atoms with Crippen LogP contribution in [0.3, 0.4) is 0 Å². The Labute approximate surface area is 167 Å². The summed E-state index contributed by atoms with van der Waals surface area (Å²) in [6.45, 7) is 2.09. The first-order valence-electron chi connectivity index (χ1n) is 9.19. The third-order valence-electron chi connectivity index (χ3n) is 4.81. The maximum atomic E-state index is 12.6.